The van der Waals surface area contributed by atoms with E-state index in [1.54, 1.807) is 4.90 Å². The van der Waals surface area contributed by atoms with E-state index in [2.05, 4.69) is 33.6 Å². The third-order valence-electron chi connectivity index (χ3n) is 3.42. The maximum atomic E-state index is 11.5. The summed E-state index contributed by atoms with van der Waals surface area (Å²) in [6, 6.07) is 0.397. The Morgan fingerprint density at radius 3 is 2.47 bits per heavy atom. The van der Waals surface area contributed by atoms with E-state index < -0.39 is 0 Å². The molecule has 1 fully saturated rings. The number of rotatable bonds is 2. The van der Waals surface area contributed by atoms with Crippen LogP contribution in [0.25, 0.3) is 0 Å². The van der Waals surface area contributed by atoms with Crippen molar-refractivity contribution in [3.63, 3.8) is 0 Å². The Labute approximate surface area is 101 Å². The van der Waals surface area contributed by atoms with Crippen LogP contribution in [0, 0.1) is 16.7 Å². The van der Waals surface area contributed by atoms with Crippen LogP contribution in [0.3, 0.4) is 0 Å². The zero-order valence-electron chi connectivity index (χ0n) is 9.42. The molecule has 1 saturated carbocycles. The largest absolute Gasteiger partial charge is 0.332 e. The fraction of sp³-hybridized carbons (Fsp3) is 0.750. The molecular weight excluding hydrogens is 254 g/mol. The van der Waals surface area contributed by atoms with E-state index in [0.29, 0.717) is 6.04 Å². The quantitative estimate of drug-likeness (QED) is 0.708. The molecule has 84 valence electrons. The van der Waals surface area contributed by atoms with Crippen molar-refractivity contribution in [1.29, 1.82) is 0 Å². The molecule has 0 aromatic heterocycles. The molecule has 1 rings (SSSR count). The molecule has 0 bridgehead atoms. The summed E-state index contributed by atoms with van der Waals surface area (Å²) in [6.07, 6.45) is 6.03. The van der Waals surface area contributed by atoms with E-state index in [0.717, 1.165) is 18.8 Å². The summed E-state index contributed by atoms with van der Waals surface area (Å²) in [5, 5.41) is 0. The lowest BCUT2D eigenvalue weighted by molar-refractivity contribution is -0.126. The fourth-order valence-electron chi connectivity index (χ4n) is 2.23. The number of hydrogen-bond donors (Lipinski definition) is 0. The second-order valence-corrected chi connectivity index (χ2v) is 4.61. The van der Waals surface area contributed by atoms with Gasteiger partial charge in [0.15, 0.2) is 0 Å². The molecular formula is C12H18BrNO. The zero-order chi connectivity index (χ0) is 11.3. The van der Waals surface area contributed by atoms with Crippen LogP contribution in [0.4, 0.5) is 0 Å². The molecule has 0 saturated heterocycles. The predicted molar refractivity (Wildman–Crippen MR) is 65.5 cm³/mol. The standard InChI is InChI=1S/C12H18BrNO/c1-3-10-4-6-11(7-5-10)14(2)12(15)8-9-13/h10-11H,3-7H2,1-2H3. The molecule has 0 heterocycles. The van der Waals surface area contributed by atoms with Gasteiger partial charge in [0.05, 0.1) is 0 Å². The van der Waals surface area contributed by atoms with Crippen molar-refractivity contribution in [2.45, 2.75) is 45.1 Å². The Morgan fingerprint density at radius 1 is 1.40 bits per heavy atom. The summed E-state index contributed by atoms with van der Waals surface area (Å²) >= 11 is 2.95. The maximum absolute atomic E-state index is 11.5. The number of carbonyl (C=O) groups excluding carboxylic acids is 1. The number of hydrogen-bond acceptors (Lipinski definition) is 1. The predicted octanol–water partition coefficient (Wildman–Crippen LogP) is 2.77. The van der Waals surface area contributed by atoms with Crippen LogP contribution in [-0.4, -0.2) is 23.9 Å². The van der Waals surface area contributed by atoms with Crippen LogP contribution in [0.2, 0.25) is 0 Å². The molecule has 0 atom stereocenters. The van der Waals surface area contributed by atoms with Crippen molar-refractivity contribution < 1.29 is 4.79 Å². The molecule has 0 N–H and O–H groups in total. The molecule has 0 unspecified atom stereocenters. The summed E-state index contributed by atoms with van der Waals surface area (Å²) in [5.41, 5.74) is 0. The first-order valence-corrected chi connectivity index (χ1v) is 6.36. The molecule has 0 radical (unpaired) electrons. The maximum Gasteiger partial charge on any atom is 0.299 e. The van der Waals surface area contributed by atoms with E-state index >= 15 is 0 Å². The van der Waals surface area contributed by atoms with Crippen LogP contribution in [0.15, 0.2) is 0 Å². The van der Waals surface area contributed by atoms with Crippen molar-refractivity contribution >= 4 is 21.8 Å². The summed E-state index contributed by atoms with van der Waals surface area (Å²) in [7, 11) is 1.86. The zero-order valence-corrected chi connectivity index (χ0v) is 11.0. The van der Waals surface area contributed by atoms with Crippen molar-refractivity contribution in [3.05, 3.63) is 0 Å². The van der Waals surface area contributed by atoms with E-state index in [-0.39, 0.29) is 5.91 Å². The Morgan fingerprint density at radius 2 is 2.00 bits per heavy atom. The van der Waals surface area contributed by atoms with Crippen LogP contribution < -0.4 is 0 Å². The van der Waals surface area contributed by atoms with Crippen LogP contribution in [0.5, 0.6) is 0 Å². The molecule has 0 spiro atoms. The highest BCUT2D eigenvalue weighted by atomic mass is 79.9. The van der Waals surface area contributed by atoms with Gasteiger partial charge in [0, 0.05) is 34.9 Å². The van der Waals surface area contributed by atoms with Gasteiger partial charge < -0.3 is 4.90 Å². The third-order valence-corrected chi connectivity index (χ3v) is 3.61. The van der Waals surface area contributed by atoms with Crippen LogP contribution in [-0.2, 0) is 4.79 Å². The molecule has 2 nitrogen and oxygen atoms in total. The Bertz CT molecular complexity index is 271. The molecule has 1 aliphatic carbocycles. The van der Waals surface area contributed by atoms with Crippen molar-refractivity contribution in [1.82, 2.24) is 4.90 Å². The smallest absolute Gasteiger partial charge is 0.299 e. The molecule has 0 aromatic rings. The van der Waals surface area contributed by atoms with Gasteiger partial charge in [0.1, 0.15) is 0 Å². The Balaban J connectivity index is 2.44. The summed E-state index contributed by atoms with van der Waals surface area (Å²) in [4.78, 5) is 15.8. The van der Waals surface area contributed by atoms with Gasteiger partial charge in [-0.25, -0.2) is 0 Å². The first kappa shape index (κ1) is 12.6. The number of amides is 1. The van der Waals surface area contributed by atoms with Gasteiger partial charge in [-0.2, -0.15) is 0 Å². The van der Waals surface area contributed by atoms with Gasteiger partial charge in [-0.1, -0.05) is 13.3 Å². The van der Waals surface area contributed by atoms with Gasteiger partial charge in [-0.05, 0) is 36.4 Å². The number of halogens is 1. The molecule has 15 heavy (non-hydrogen) atoms. The first-order chi connectivity index (χ1) is 7.19. The minimum Gasteiger partial charge on any atom is -0.332 e. The van der Waals surface area contributed by atoms with Crippen LogP contribution >= 0.6 is 15.9 Å². The second-order valence-electron chi connectivity index (χ2n) is 4.22. The SMILES string of the molecule is CCC1CCC(N(C)C(=O)C#CBr)CC1. The normalized spacial score (nSPS) is 25.3. The van der Waals surface area contributed by atoms with Crippen molar-refractivity contribution in [3.8, 4) is 10.8 Å². The average Bonchev–Trinajstić information content (AvgIpc) is 2.28. The summed E-state index contributed by atoms with van der Waals surface area (Å²) < 4.78 is 0. The van der Waals surface area contributed by atoms with E-state index in [1.165, 1.54) is 19.3 Å². The highest BCUT2D eigenvalue weighted by Crippen LogP contribution is 2.28. The monoisotopic (exact) mass is 271 g/mol. The highest BCUT2D eigenvalue weighted by Gasteiger charge is 2.24. The Kier molecular flexibility index (Phi) is 5.17. The molecule has 0 aliphatic heterocycles. The average molecular weight is 272 g/mol. The van der Waals surface area contributed by atoms with Gasteiger partial charge in [-0.3, -0.25) is 4.79 Å². The molecule has 0 aromatic carbocycles. The third kappa shape index (κ3) is 3.53. The second kappa shape index (κ2) is 6.17. The number of nitrogens with zero attached hydrogens (tertiary/aromatic N) is 1. The Hall–Kier alpha value is -0.490. The minimum atomic E-state index is -0.0770. The van der Waals surface area contributed by atoms with E-state index in [4.69, 9.17) is 0 Å². The highest BCUT2D eigenvalue weighted by molar-refractivity contribution is 9.12. The molecule has 1 aliphatic rings. The topological polar surface area (TPSA) is 20.3 Å². The minimum absolute atomic E-state index is 0.0770. The van der Waals surface area contributed by atoms with Crippen LogP contribution in [0.1, 0.15) is 39.0 Å². The van der Waals surface area contributed by atoms with Crippen molar-refractivity contribution in [2.75, 3.05) is 7.05 Å². The van der Waals surface area contributed by atoms with Gasteiger partial charge in [-0.15, -0.1) is 0 Å². The van der Waals surface area contributed by atoms with E-state index in [9.17, 15) is 4.79 Å². The summed E-state index contributed by atoms with van der Waals surface area (Å²) in [5.74, 6) is 3.31. The number of carbonyl (C=O) groups is 1. The van der Waals surface area contributed by atoms with Gasteiger partial charge in [0.2, 0.25) is 0 Å². The fourth-order valence-corrected chi connectivity index (χ4v) is 2.40. The van der Waals surface area contributed by atoms with Gasteiger partial charge >= 0.3 is 0 Å². The van der Waals surface area contributed by atoms with E-state index in [1.807, 2.05) is 7.05 Å². The molecule has 3 heteroatoms. The lowest BCUT2D eigenvalue weighted by Gasteiger charge is -2.33. The lowest BCUT2D eigenvalue weighted by Crippen LogP contribution is -2.38. The van der Waals surface area contributed by atoms with Crippen molar-refractivity contribution in [2.24, 2.45) is 5.92 Å². The molecule has 1 amide bonds. The van der Waals surface area contributed by atoms with Gasteiger partial charge in [0.25, 0.3) is 5.91 Å². The lowest BCUT2D eigenvalue weighted by atomic mass is 9.84. The first-order valence-electron chi connectivity index (χ1n) is 5.57. The summed E-state index contributed by atoms with van der Waals surface area (Å²) in [6.45, 7) is 2.25.